The van der Waals surface area contributed by atoms with Crippen molar-refractivity contribution in [3.05, 3.63) is 30.0 Å². The summed E-state index contributed by atoms with van der Waals surface area (Å²) in [6, 6.07) is 5.89. The maximum absolute atomic E-state index is 14.2. The molecular weight excluding hydrogens is 643 g/mol. The standard InChI is InChI=1S/C38H55FN4O7/c1-23(48-5)22-49-36(46)31-20-27-19-28(15-16-30(27)41-31)40-34(44)33-29(24-9-7-6-8-10-24)17-18-43(33)35(45)26-13-11-25(12-14-26)32(21-39)42-37(47)50-38(2,3)4/h15-16,19-20,23-26,29,32-33,41H,6-14,17-18,21-22H2,1-5H3,(H,40,44)(H,42,47)/t23-,25?,26?,29+,32-,33+/m1/s1. The van der Waals surface area contributed by atoms with Gasteiger partial charge < -0.3 is 34.7 Å². The number of ether oxygens (including phenoxy) is 3. The zero-order valence-corrected chi connectivity index (χ0v) is 30.2. The molecule has 4 atom stereocenters. The number of halogens is 1. The lowest BCUT2D eigenvalue weighted by molar-refractivity contribution is -0.142. The van der Waals surface area contributed by atoms with Crippen LogP contribution in [-0.2, 0) is 23.8 Å². The summed E-state index contributed by atoms with van der Waals surface area (Å²) in [5.41, 5.74) is 0.955. The van der Waals surface area contributed by atoms with E-state index in [1.54, 1.807) is 40.0 Å². The van der Waals surface area contributed by atoms with Crippen molar-refractivity contribution in [3.8, 4) is 0 Å². The summed E-state index contributed by atoms with van der Waals surface area (Å²) in [6.45, 7) is 7.08. The molecule has 0 unspecified atom stereocenters. The van der Waals surface area contributed by atoms with Gasteiger partial charge in [0.15, 0.2) is 0 Å². The van der Waals surface area contributed by atoms with Gasteiger partial charge in [0.2, 0.25) is 11.8 Å². The van der Waals surface area contributed by atoms with E-state index in [2.05, 4.69) is 15.6 Å². The molecule has 0 radical (unpaired) electrons. The first-order valence-corrected chi connectivity index (χ1v) is 18.4. The molecule has 3 fully saturated rings. The van der Waals surface area contributed by atoms with Crippen LogP contribution in [0.2, 0.25) is 0 Å². The number of alkyl carbamates (subject to hydrolysis) is 1. The molecule has 1 aliphatic heterocycles. The van der Waals surface area contributed by atoms with Gasteiger partial charge in [0.05, 0.1) is 12.1 Å². The first-order chi connectivity index (χ1) is 23.9. The Hall–Kier alpha value is -3.67. The van der Waals surface area contributed by atoms with E-state index in [-0.39, 0.29) is 42.3 Å². The predicted molar refractivity (Wildman–Crippen MR) is 188 cm³/mol. The Morgan fingerprint density at radius 1 is 1.00 bits per heavy atom. The number of carbonyl (C=O) groups excluding carboxylic acids is 4. The minimum Gasteiger partial charge on any atom is -0.458 e. The van der Waals surface area contributed by atoms with Crippen LogP contribution in [0.1, 0.15) is 102 Å². The van der Waals surface area contributed by atoms with Crippen molar-refractivity contribution in [2.45, 2.75) is 116 Å². The SMILES string of the molecule is CO[C@H](C)COC(=O)c1cc2cc(NC(=O)[C@@H]3[C@H](C4CCCCC4)CCN3C(=O)C3CCC([C@@H](CF)NC(=O)OC(C)(C)C)CC3)ccc2[nH]1. The van der Waals surface area contributed by atoms with E-state index in [9.17, 15) is 23.6 Å². The second kappa shape index (κ2) is 16.6. The minimum absolute atomic E-state index is 0.00848. The number of benzene rings is 1. The number of aromatic amines is 1. The Kier molecular flexibility index (Phi) is 12.5. The number of carbonyl (C=O) groups is 4. The van der Waals surface area contributed by atoms with E-state index in [1.165, 1.54) is 6.42 Å². The maximum Gasteiger partial charge on any atom is 0.407 e. The van der Waals surface area contributed by atoms with Crippen LogP contribution < -0.4 is 10.6 Å². The van der Waals surface area contributed by atoms with E-state index in [0.29, 0.717) is 49.5 Å². The van der Waals surface area contributed by atoms with Crippen molar-refractivity contribution in [3.63, 3.8) is 0 Å². The number of likely N-dealkylation sites (tertiary alicyclic amines) is 1. The summed E-state index contributed by atoms with van der Waals surface area (Å²) in [5.74, 6) is -0.568. The van der Waals surface area contributed by atoms with Crippen molar-refractivity contribution < 1.29 is 37.8 Å². The molecule has 276 valence electrons. The van der Waals surface area contributed by atoms with Gasteiger partial charge in [-0.25, -0.2) is 14.0 Å². The summed E-state index contributed by atoms with van der Waals surface area (Å²) in [5, 5.41) is 6.56. The third-order valence-corrected chi connectivity index (χ3v) is 10.8. The van der Waals surface area contributed by atoms with Crippen LogP contribution in [-0.4, -0.2) is 84.5 Å². The third-order valence-electron chi connectivity index (χ3n) is 10.8. The average Bonchev–Trinajstić information content (AvgIpc) is 3.74. The van der Waals surface area contributed by atoms with Crippen LogP contribution in [0.25, 0.3) is 10.9 Å². The van der Waals surface area contributed by atoms with Crippen LogP contribution >= 0.6 is 0 Å². The van der Waals surface area contributed by atoms with Crippen LogP contribution in [0.4, 0.5) is 14.9 Å². The van der Waals surface area contributed by atoms with E-state index in [1.807, 2.05) is 24.0 Å². The summed E-state index contributed by atoms with van der Waals surface area (Å²) in [6.07, 6.45) is 7.91. The van der Waals surface area contributed by atoms with Crippen LogP contribution in [0.15, 0.2) is 24.3 Å². The fraction of sp³-hybridized carbons (Fsp3) is 0.684. The highest BCUT2D eigenvalue weighted by Gasteiger charge is 2.47. The Bertz CT molecular complexity index is 1490. The molecule has 5 rings (SSSR count). The van der Waals surface area contributed by atoms with Gasteiger partial charge in [-0.05, 0) is 102 Å². The topological polar surface area (TPSA) is 139 Å². The Morgan fingerprint density at radius 2 is 1.72 bits per heavy atom. The lowest BCUT2D eigenvalue weighted by Crippen LogP contribution is -2.50. The molecule has 0 bridgehead atoms. The number of aromatic nitrogens is 1. The summed E-state index contributed by atoms with van der Waals surface area (Å²) >= 11 is 0. The van der Waals surface area contributed by atoms with Gasteiger partial charge in [-0.15, -0.1) is 0 Å². The fourth-order valence-electron chi connectivity index (χ4n) is 8.08. The minimum atomic E-state index is -0.701. The zero-order valence-electron chi connectivity index (χ0n) is 30.2. The van der Waals surface area contributed by atoms with Gasteiger partial charge in [0.1, 0.15) is 30.6 Å². The first-order valence-electron chi connectivity index (χ1n) is 18.4. The Labute approximate surface area is 294 Å². The van der Waals surface area contributed by atoms with Crippen molar-refractivity contribution in [1.82, 2.24) is 15.2 Å². The summed E-state index contributed by atoms with van der Waals surface area (Å²) in [7, 11) is 1.56. The highest BCUT2D eigenvalue weighted by atomic mass is 19.1. The molecule has 3 aliphatic rings. The largest absolute Gasteiger partial charge is 0.458 e. The average molecular weight is 699 g/mol. The van der Waals surface area contributed by atoms with Gasteiger partial charge in [-0.2, -0.15) is 0 Å². The molecule has 12 heteroatoms. The van der Waals surface area contributed by atoms with Gasteiger partial charge >= 0.3 is 12.1 Å². The molecule has 50 heavy (non-hydrogen) atoms. The number of fused-ring (bicyclic) bond motifs is 1. The molecule has 1 aromatic carbocycles. The van der Waals surface area contributed by atoms with Crippen molar-refractivity contribution in [2.75, 3.05) is 32.3 Å². The number of amides is 3. The number of H-pyrrole nitrogens is 1. The number of hydrogen-bond acceptors (Lipinski definition) is 7. The molecule has 2 aromatic rings. The molecule has 1 aromatic heterocycles. The number of alkyl halides is 1. The highest BCUT2D eigenvalue weighted by Crippen LogP contribution is 2.41. The smallest absolute Gasteiger partial charge is 0.407 e. The first kappa shape index (κ1) is 37.6. The lowest BCUT2D eigenvalue weighted by Gasteiger charge is -2.37. The summed E-state index contributed by atoms with van der Waals surface area (Å²) < 4.78 is 29.9. The molecule has 11 nitrogen and oxygen atoms in total. The van der Waals surface area contributed by atoms with Crippen LogP contribution in [0.3, 0.4) is 0 Å². The molecule has 2 saturated carbocycles. The highest BCUT2D eigenvalue weighted by molar-refractivity contribution is 6.01. The Morgan fingerprint density at radius 3 is 2.38 bits per heavy atom. The molecule has 1 saturated heterocycles. The Balaban J connectivity index is 1.26. The normalized spacial score (nSPS) is 24.4. The van der Waals surface area contributed by atoms with E-state index >= 15 is 0 Å². The second-order valence-corrected chi connectivity index (χ2v) is 15.5. The molecule has 3 amide bonds. The second-order valence-electron chi connectivity index (χ2n) is 15.5. The number of anilines is 1. The number of rotatable bonds is 11. The van der Waals surface area contributed by atoms with E-state index < -0.39 is 36.4 Å². The van der Waals surface area contributed by atoms with Gasteiger partial charge in [0.25, 0.3) is 0 Å². The van der Waals surface area contributed by atoms with Gasteiger partial charge in [-0.1, -0.05) is 32.1 Å². The van der Waals surface area contributed by atoms with E-state index in [0.717, 1.165) is 43.0 Å². The molecule has 2 aliphatic carbocycles. The number of nitrogens with zero attached hydrogens (tertiary/aromatic N) is 1. The monoisotopic (exact) mass is 698 g/mol. The molecular formula is C38H55FN4O7. The number of esters is 1. The maximum atomic E-state index is 14.2. The van der Waals surface area contributed by atoms with Crippen molar-refractivity contribution in [1.29, 1.82) is 0 Å². The lowest BCUT2D eigenvalue weighted by atomic mass is 9.76. The van der Waals surface area contributed by atoms with Crippen molar-refractivity contribution >= 4 is 40.5 Å². The predicted octanol–water partition coefficient (Wildman–Crippen LogP) is 6.76. The van der Waals surface area contributed by atoms with Gasteiger partial charge in [-0.3, -0.25) is 9.59 Å². The quantitative estimate of drug-likeness (QED) is 0.220. The third kappa shape index (κ3) is 9.35. The fourth-order valence-corrected chi connectivity index (χ4v) is 8.08. The van der Waals surface area contributed by atoms with Crippen LogP contribution in [0, 0.1) is 23.7 Å². The summed E-state index contributed by atoms with van der Waals surface area (Å²) in [4.78, 5) is 58.2. The zero-order chi connectivity index (χ0) is 36.0. The molecule has 2 heterocycles. The molecule has 0 spiro atoms. The number of nitrogens with one attached hydrogen (secondary N) is 3. The molecule has 3 N–H and O–H groups in total. The van der Waals surface area contributed by atoms with E-state index in [4.69, 9.17) is 14.2 Å². The van der Waals surface area contributed by atoms with Crippen molar-refractivity contribution in [2.24, 2.45) is 23.7 Å². The van der Waals surface area contributed by atoms with Crippen LogP contribution in [0.5, 0.6) is 0 Å². The van der Waals surface area contributed by atoms with Gasteiger partial charge in [0, 0.05) is 36.2 Å². The number of methoxy groups -OCH3 is 1. The number of hydrogen-bond donors (Lipinski definition) is 3.